The monoisotopic (exact) mass is 338 g/mol. The van der Waals surface area contributed by atoms with E-state index in [1.807, 2.05) is 18.2 Å². The molecule has 6 heteroatoms. The second-order valence-corrected chi connectivity index (χ2v) is 7.11. The highest BCUT2D eigenvalue weighted by molar-refractivity contribution is 6.04. The minimum absolute atomic E-state index is 0.145. The van der Waals surface area contributed by atoms with E-state index in [2.05, 4.69) is 22.8 Å². The molecule has 1 atom stereocenters. The topological polar surface area (TPSA) is 96.6 Å². The molecule has 0 aromatic heterocycles. The highest BCUT2D eigenvalue weighted by Crippen LogP contribution is 2.47. The maximum absolute atomic E-state index is 13.0. The Balaban J connectivity index is 1.71. The molecule has 130 valence electrons. The molecule has 1 saturated carbocycles. The zero-order valence-corrected chi connectivity index (χ0v) is 14.0. The van der Waals surface area contributed by atoms with Crippen LogP contribution in [0.4, 0.5) is 4.79 Å². The molecule has 1 aromatic carbocycles. The Hall–Kier alpha value is -2.63. The van der Waals surface area contributed by atoms with E-state index >= 15 is 0 Å². The average Bonchev–Trinajstić information content (AvgIpc) is 3.02. The summed E-state index contributed by atoms with van der Waals surface area (Å²) in [6.07, 6.45) is 5.03. The molecule has 2 amide bonds. The highest BCUT2D eigenvalue weighted by atomic mass is 16.2. The Kier molecular flexibility index (Phi) is 3.82. The number of urea groups is 1. The summed E-state index contributed by atoms with van der Waals surface area (Å²) >= 11 is 0. The number of nitrogens with zero attached hydrogens (tertiary/aromatic N) is 1. The van der Waals surface area contributed by atoms with Crippen LogP contribution in [0.2, 0.25) is 0 Å². The van der Waals surface area contributed by atoms with E-state index in [-0.39, 0.29) is 11.7 Å². The lowest BCUT2D eigenvalue weighted by Crippen LogP contribution is -2.51. The van der Waals surface area contributed by atoms with Crippen LogP contribution in [-0.2, 0) is 4.79 Å². The third-order valence-electron chi connectivity index (χ3n) is 5.47. The van der Waals surface area contributed by atoms with Crippen molar-refractivity contribution in [2.75, 3.05) is 0 Å². The van der Waals surface area contributed by atoms with Crippen LogP contribution in [-0.4, -0.2) is 23.3 Å². The number of aliphatic imine (C=N–C) groups is 1. The van der Waals surface area contributed by atoms with Gasteiger partial charge in [-0.1, -0.05) is 43.2 Å². The maximum atomic E-state index is 13.0. The summed E-state index contributed by atoms with van der Waals surface area (Å²) in [4.78, 5) is 29.0. The van der Waals surface area contributed by atoms with Crippen molar-refractivity contribution >= 4 is 17.8 Å². The standard InChI is InChI=1S/C19H22N4O2/c20-17(25)22-18-21-14-10-13(12-6-2-1-3-7-12)11-15(24)16(14)19(23-18)8-4-5-9-19/h1-3,6-7,13H,4-5,8-11H2,(H4,20,21,22,23,25). The van der Waals surface area contributed by atoms with Gasteiger partial charge >= 0.3 is 6.03 Å². The van der Waals surface area contributed by atoms with Crippen LogP contribution in [0.25, 0.3) is 0 Å². The number of benzene rings is 1. The zero-order valence-electron chi connectivity index (χ0n) is 14.0. The Morgan fingerprint density at radius 2 is 1.92 bits per heavy atom. The second-order valence-electron chi connectivity index (χ2n) is 7.11. The van der Waals surface area contributed by atoms with Crippen molar-refractivity contribution in [1.29, 1.82) is 0 Å². The largest absolute Gasteiger partial charge is 0.351 e. The summed E-state index contributed by atoms with van der Waals surface area (Å²) in [6.45, 7) is 0. The van der Waals surface area contributed by atoms with Gasteiger partial charge in [-0.3, -0.25) is 10.1 Å². The summed E-state index contributed by atoms with van der Waals surface area (Å²) in [6, 6.07) is 9.45. The van der Waals surface area contributed by atoms with Gasteiger partial charge in [-0.2, -0.15) is 0 Å². The number of nitrogens with one attached hydrogen (secondary N) is 2. The fraction of sp³-hybridized carbons (Fsp3) is 0.421. The van der Waals surface area contributed by atoms with Gasteiger partial charge in [-0.05, 0) is 30.7 Å². The number of primary amides is 1. The predicted octanol–water partition coefficient (Wildman–Crippen LogP) is 2.33. The van der Waals surface area contributed by atoms with Gasteiger partial charge in [0.25, 0.3) is 0 Å². The fourth-order valence-corrected chi connectivity index (χ4v) is 4.47. The summed E-state index contributed by atoms with van der Waals surface area (Å²) in [5.74, 6) is 0.687. The number of carbonyl (C=O) groups excluding carboxylic acids is 2. The van der Waals surface area contributed by atoms with Crippen molar-refractivity contribution in [2.24, 2.45) is 10.7 Å². The molecule has 4 rings (SSSR count). The Morgan fingerprint density at radius 1 is 1.20 bits per heavy atom. The quantitative estimate of drug-likeness (QED) is 0.733. The van der Waals surface area contributed by atoms with Crippen molar-refractivity contribution in [3.63, 3.8) is 0 Å². The molecular formula is C19H22N4O2. The minimum Gasteiger partial charge on any atom is -0.351 e. The van der Waals surface area contributed by atoms with Crippen LogP contribution in [0.5, 0.6) is 0 Å². The van der Waals surface area contributed by atoms with Crippen LogP contribution in [0, 0.1) is 0 Å². The Labute approximate surface area is 146 Å². The minimum atomic E-state index is -0.648. The molecule has 1 fully saturated rings. The summed E-state index contributed by atoms with van der Waals surface area (Å²) in [7, 11) is 0. The SMILES string of the molecule is NC(=O)NC1=NC2(CCCC2)C2=C(CC(c3ccccc3)CC2=O)N1. The van der Waals surface area contributed by atoms with Crippen molar-refractivity contribution in [3.05, 3.63) is 47.2 Å². The number of rotatable bonds is 1. The molecule has 4 N–H and O–H groups in total. The summed E-state index contributed by atoms with van der Waals surface area (Å²) < 4.78 is 0. The third kappa shape index (κ3) is 2.81. The number of ketones is 1. The number of carbonyl (C=O) groups is 2. The van der Waals surface area contributed by atoms with Crippen LogP contribution >= 0.6 is 0 Å². The molecule has 1 unspecified atom stereocenters. The lowest BCUT2D eigenvalue weighted by Gasteiger charge is -2.39. The van der Waals surface area contributed by atoms with Gasteiger partial charge in [0.05, 0.1) is 5.54 Å². The number of amides is 2. The van der Waals surface area contributed by atoms with Gasteiger partial charge in [0.2, 0.25) is 5.96 Å². The number of fused-ring (bicyclic) bond motifs is 1. The smallest absolute Gasteiger partial charge is 0.318 e. The zero-order chi connectivity index (χ0) is 17.4. The molecule has 0 bridgehead atoms. The van der Waals surface area contributed by atoms with Gasteiger partial charge in [0, 0.05) is 17.7 Å². The third-order valence-corrected chi connectivity index (χ3v) is 5.47. The van der Waals surface area contributed by atoms with Crippen LogP contribution < -0.4 is 16.4 Å². The van der Waals surface area contributed by atoms with Crippen molar-refractivity contribution in [1.82, 2.24) is 10.6 Å². The summed E-state index contributed by atoms with van der Waals surface area (Å²) in [5, 5.41) is 5.73. The van der Waals surface area contributed by atoms with Gasteiger partial charge in [-0.15, -0.1) is 0 Å². The van der Waals surface area contributed by atoms with E-state index in [0.717, 1.165) is 48.9 Å². The first-order valence-electron chi connectivity index (χ1n) is 8.82. The van der Waals surface area contributed by atoms with Gasteiger partial charge < -0.3 is 11.1 Å². The van der Waals surface area contributed by atoms with E-state index in [1.54, 1.807) is 0 Å². The number of guanidine groups is 1. The van der Waals surface area contributed by atoms with Crippen LogP contribution in [0.1, 0.15) is 50.0 Å². The normalized spacial score (nSPS) is 24.6. The van der Waals surface area contributed by atoms with Gasteiger partial charge in [0.1, 0.15) is 0 Å². The van der Waals surface area contributed by atoms with Crippen molar-refractivity contribution < 1.29 is 9.59 Å². The van der Waals surface area contributed by atoms with Gasteiger partial charge in [-0.25, -0.2) is 9.79 Å². The van der Waals surface area contributed by atoms with Gasteiger partial charge in [0.15, 0.2) is 5.78 Å². The van der Waals surface area contributed by atoms with Crippen LogP contribution in [0.15, 0.2) is 46.6 Å². The molecule has 6 nitrogen and oxygen atoms in total. The maximum Gasteiger partial charge on any atom is 0.318 e. The molecule has 1 spiro atoms. The highest BCUT2D eigenvalue weighted by Gasteiger charge is 2.47. The van der Waals surface area contributed by atoms with Crippen molar-refractivity contribution in [3.8, 4) is 0 Å². The fourth-order valence-electron chi connectivity index (χ4n) is 4.47. The molecule has 1 aliphatic heterocycles. The molecule has 2 aliphatic carbocycles. The van der Waals surface area contributed by atoms with Crippen molar-refractivity contribution in [2.45, 2.75) is 50.0 Å². The predicted molar refractivity (Wildman–Crippen MR) is 94.9 cm³/mol. The van der Waals surface area contributed by atoms with E-state index in [4.69, 9.17) is 10.7 Å². The lowest BCUT2D eigenvalue weighted by atomic mass is 9.73. The molecule has 0 saturated heterocycles. The Bertz CT molecular complexity index is 776. The number of hydrogen-bond acceptors (Lipinski definition) is 4. The first-order valence-corrected chi connectivity index (χ1v) is 8.82. The molecule has 1 heterocycles. The number of Topliss-reactive ketones (excluding diaryl/α,β-unsaturated/α-hetero) is 1. The second kappa shape index (κ2) is 6.02. The first kappa shape index (κ1) is 15.9. The van der Waals surface area contributed by atoms with E-state index in [0.29, 0.717) is 12.4 Å². The molecular weight excluding hydrogens is 316 g/mol. The van der Waals surface area contributed by atoms with E-state index in [9.17, 15) is 9.59 Å². The Morgan fingerprint density at radius 3 is 2.60 bits per heavy atom. The number of allylic oxidation sites excluding steroid dienone is 1. The molecule has 0 radical (unpaired) electrons. The first-order chi connectivity index (χ1) is 12.1. The van der Waals surface area contributed by atoms with E-state index < -0.39 is 11.6 Å². The van der Waals surface area contributed by atoms with Crippen LogP contribution in [0.3, 0.4) is 0 Å². The summed E-state index contributed by atoms with van der Waals surface area (Å²) in [5.41, 5.74) is 7.67. The molecule has 25 heavy (non-hydrogen) atoms. The van der Waals surface area contributed by atoms with E-state index in [1.165, 1.54) is 0 Å². The lowest BCUT2D eigenvalue weighted by molar-refractivity contribution is -0.117. The number of hydrogen-bond donors (Lipinski definition) is 3. The number of nitrogens with two attached hydrogens (primary N) is 1. The molecule has 3 aliphatic rings. The average molecular weight is 338 g/mol. The molecule has 1 aromatic rings.